The second kappa shape index (κ2) is 5.32. The molecule has 1 aliphatic rings. The Kier molecular flexibility index (Phi) is 3.93. The van der Waals surface area contributed by atoms with E-state index in [9.17, 15) is 14.0 Å². The van der Waals surface area contributed by atoms with Gasteiger partial charge in [0.2, 0.25) is 5.91 Å². The first-order valence-electron chi connectivity index (χ1n) is 5.62. The van der Waals surface area contributed by atoms with Crippen molar-refractivity contribution < 1.29 is 18.7 Å². The molecule has 0 aliphatic carbocycles. The lowest BCUT2D eigenvalue weighted by molar-refractivity contribution is -0.123. The number of rotatable bonds is 3. The number of primary amides is 1. The molecule has 0 aromatic heterocycles. The normalized spacial score (nSPS) is 20.3. The van der Waals surface area contributed by atoms with Crippen LogP contribution in [0, 0.1) is 15.3 Å². The van der Waals surface area contributed by atoms with Crippen LogP contribution < -0.4 is 10.6 Å². The van der Waals surface area contributed by atoms with Gasteiger partial charge in [-0.3, -0.25) is 9.69 Å². The van der Waals surface area contributed by atoms with Crippen LogP contribution >= 0.6 is 22.6 Å². The molecule has 1 aromatic carbocycles. The van der Waals surface area contributed by atoms with Gasteiger partial charge in [-0.05, 0) is 47.7 Å². The lowest BCUT2D eigenvalue weighted by Gasteiger charge is -2.15. The highest BCUT2D eigenvalue weighted by Gasteiger charge is 2.37. The van der Waals surface area contributed by atoms with Gasteiger partial charge in [-0.1, -0.05) is 0 Å². The molecule has 2 rings (SSSR count). The smallest absolute Gasteiger partial charge is 0.414 e. The Labute approximate surface area is 123 Å². The lowest BCUT2D eigenvalue weighted by Crippen LogP contribution is -2.34. The van der Waals surface area contributed by atoms with Gasteiger partial charge in [0.1, 0.15) is 11.9 Å². The molecule has 2 atom stereocenters. The maximum atomic E-state index is 13.5. The van der Waals surface area contributed by atoms with E-state index in [1.807, 2.05) is 22.6 Å². The minimum Gasteiger partial charge on any atom is -0.443 e. The molecule has 0 bridgehead atoms. The van der Waals surface area contributed by atoms with E-state index >= 15 is 0 Å². The SMILES string of the molecule is CC(C(N)=O)C1CN(c2ccc(I)c(F)c2)C(=O)O1. The third kappa shape index (κ3) is 2.80. The highest BCUT2D eigenvalue weighted by atomic mass is 127. The molecule has 0 radical (unpaired) electrons. The molecular formula is C12H12FIN2O3. The maximum absolute atomic E-state index is 13.5. The zero-order valence-electron chi connectivity index (χ0n) is 10.1. The molecule has 2 N–H and O–H groups in total. The van der Waals surface area contributed by atoms with Crippen LogP contribution in [0.1, 0.15) is 6.92 Å². The summed E-state index contributed by atoms with van der Waals surface area (Å²) in [7, 11) is 0. The molecule has 19 heavy (non-hydrogen) atoms. The summed E-state index contributed by atoms with van der Waals surface area (Å²) in [4.78, 5) is 24.1. The van der Waals surface area contributed by atoms with Gasteiger partial charge < -0.3 is 10.5 Å². The van der Waals surface area contributed by atoms with Crippen LogP contribution in [0.2, 0.25) is 0 Å². The molecule has 1 saturated heterocycles. The second-order valence-electron chi connectivity index (χ2n) is 4.32. The number of hydrogen-bond donors (Lipinski definition) is 1. The van der Waals surface area contributed by atoms with Crippen molar-refractivity contribution in [1.29, 1.82) is 0 Å². The van der Waals surface area contributed by atoms with Crippen molar-refractivity contribution in [2.45, 2.75) is 13.0 Å². The van der Waals surface area contributed by atoms with Crippen molar-refractivity contribution >= 4 is 40.3 Å². The Morgan fingerprint density at radius 2 is 2.32 bits per heavy atom. The van der Waals surface area contributed by atoms with Crippen molar-refractivity contribution in [3.63, 3.8) is 0 Å². The van der Waals surface area contributed by atoms with Crippen molar-refractivity contribution in [3.05, 3.63) is 27.6 Å². The van der Waals surface area contributed by atoms with E-state index in [2.05, 4.69) is 0 Å². The maximum Gasteiger partial charge on any atom is 0.414 e. The van der Waals surface area contributed by atoms with Crippen LogP contribution in [0.15, 0.2) is 18.2 Å². The Hall–Kier alpha value is -1.38. The van der Waals surface area contributed by atoms with E-state index in [4.69, 9.17) is 10.5 Å². The van der Waals surface area contributed by atoms with Crippen molar-refractivity contribution in [2.24, 2.45) is 11.7 Å². The number of halogens is 2. The van der Waals surface area contributed by atoms with Crippen LogP contribution in [-0.2, 0) is 9.53 Å². The van der Waals surface area contributed by atoms with E-state index < -0.39 is 29.8 Å². The van der Waals surface area contributed by atoms with Crippen LogP contribution in [0.3, 0.4) is 0 Å². The second-order valence-corrected chi connectivity index (χ2v) is 5.48. The molecule has 2 amide bonds. The monoisotopic (exact) mass is 378 g/mol. The molecule has 1 heterocycles. The zero-order chi connectivity index (χ0) is 14.2. The topological polar surface area (TPSA) is 72.6 Å². The first-order chi connectivity index (χ1) is 8.90. The molecule has 1 aliphatic heterocycles. The minimum absolute atomic E-state index is 0.184. The van der Waals surface area contributed by atoms with Gasteiger partial charge >= 0.3 is 6.09 Å². The summed E-state index contributed by atoms with van der Waals surface area (Å²) < 4.78 is 19.0. The standard InChI is InChI=1S/C12H12FIN2O3/c1-6(11(15)17)10-5-16(12(18)19-10)7-2-3-9(14)8(13)4-7/h2-4,6,10H,5H2,1H3,(H2,15,17). The number of carbonyl (C=O) groups is 2. The number of carbonyl (C=O) groups excluding carboxylic acids is 2. The summed E-state index contributed by atoms with van der Waals surface area (Å²) in [6, 6.07) is 4.47. The molecule has 1 fully saturated rings. The van der Waals surface area contributed by atoms with E-state index in [1.54, 1.807) is 19.1 Å². The van der Waals surface area contributed by atoms with Gasteiger partial charge in [0, 0.05) is 3.57 Å². The third-order valence-electron chi connectivity index (χ3n) is 3.06. The third-order valence-corrected chi connectivity index (χ3v) is 3.93. The Balaban J connectivity index is 2.20. The zero-order valence-corrected chi connectivity index (χ0v) is 12.3. The molecule has 1 aromatic rings. The number of cyclic esters (lactones) is 1. The van der Waals surface area contributed by atoms with Crippen LogP contribution in [-0.4, -0.2) is 24.6 Å². The van der Waals surface area contributed by atoms with Gasteiger partial charge in [0.15, 0.2) is 0 Å². The van der Waals surface area contributed by atoms with Gasteiger partial charge in [-0.15, -0.1) is 0 Å². The number of anilines is 1. The number of nitrogens with zero attached hydrogens (tertiary/aromatic N) is 1. The summed E-state index contributed by atoms with van der Waals surface area (Å²) in [6.45, 7) is 1.78. The number of hydrogen-bond acceptors (Lipinski definition) is 3. The number of benzene rings is 1. The van der Waals surface area contributed by atoms with E-state index in [0.717, 1.165) is 0 Å². The van der Waals surface area contributed by atoms with Crippen LogP contribution in [0.4, 0.5) is 14.9 Å². The number of amides is 2. The fourth-order valence-electron chi connectivity index (χ4n) is 1.79. The highest BCUT2D eigenvalue weighted by Crippen LogP contribution is 2.26. The molecule has 0 spiro atoms. The fraction of sp³-hybridized carbons (Fsp3) is 0.333. The summed E-state index contributed by atoms with van der Waals surface area (Å²) in [5.74, 6) is -1.52. The Bertz CT molecular complexity index is 538. The minimum atomic E-state index is -0.604. The molecule has 102 valence electrons. The van der Waals surface area contributed by atoms with Crippen molar-refractivity contribution in [1.82, 2.24) is 0 Å². The summed E-state index contributed by atoms with van der Waals surface area (Å²) in [5, 5.41) is 0. The van der Waals surface area contributed by atoms with E-state index in [0.29, 0.717) is 9.26 Å². The Morgan fingerprint density at radius 1 is 1.63 bits per heavy atom. The first-order valence-corrected chi connectivity index (χ1v) is 6.70. The molecule has 0 saturated carbocycles. The van der Waals surface area contributed by atoms with E-state index in [-0.39, 0.29) is 6.54 Å². The van der Waals surface area contributed by atoms with E-state index in [1.165, 1.54) is 11.0 Å². The first kappa shape index (κ1) is 14.0. The van der Waals surface area contributed by atoms with Gasteiger partial charge in [0.25, 0.3) is 0 Å². The lowest BCUT2D eigenvalue weighted by atomic mass is 10.0. The van der Waals surface area contributed by atoms with Crippen molar-refractivity contribution in [3.8, 4) is 0 Å². The predicted molar refractivity (Wildman–Crippen MR) is 75.1 cm³/mol. The summed E-state index contributed by atoms with van der Waals surface area (Å²) in [6.07, 6.45) is -1.20. The van der Waals surface area contributed by atoms with Gasteiger partial charge in [-0.2, -0.15) is 0 Å². The average Bonchev–Trinajstić information content (AvgIpc) is 2.73. The number of nitrogens with two attached hydrogens (primary N) is 1. The number of ether oxygens (including phenoxy) is 1. The molecule has 7 heteroatoms. The predicted octanol–water partition coefficient (Wildman–Crippen LogP) is 1.88. The Morgan fingerprint density at radius 3 is 2.89 bits per heavy atom. The highest BCUT2D eigenvalue weighted by molar-refractivity contribution is 14.1. The molecule has 2 unspecified atom stereocenters. The quantitative estimate of drug-likeness (QED) is 0.817. The van der Waals surface area contributed by atoms with Crippen LogP contribution in [0.25, 0.3) is 0 Å². The largest absolute Gasteiger partial charge is 0.443 e. The molecule has 5 nitrogen and oxygen atoms in total. The molecular weight excluding hydrogens is 366 g/mol. The summed E-state index contributed by atoms with van der Waals surface area (Å²) >= 11 is 1.86. The van der Waals surface area contributed by atoms with Crippen molar-refractivity contribution in [2.75, 3.05) is 11.4 Å². The summed E-state index contributed by atoms with van der Waals surface area (Å²) in [5.41, 5.74) is 5.58. The van der Waals surface area contributed by atoms with Gasteiger partial charge in [0.05, 0.1) is 18.2 Å². The van der Waals surface area contributed by atoms with Gasteiger partial charge in [-0.25, -0.2) is 9.18 Å². The fourth-order valence-corrected chi connectivity index (χ4v) is 2.13. The average molecular weight is 378 g/mol. The van der Waals surface area contributed by atoms with Crippen LogP contribution in [0.5, 0.6) is 0 Å².